The molecule has 6 nitrogen and oxygen atoms in total. The van der Waals surface area contributed by atoms with Crippen molar-refractivity contribution >= 4 is 11.7 Å². The molecule has 6 heteroatoms. The molecule has 0 radical (unpaired) electrons. The monoisotopic (exact) mass is 272 g/mol. The Bertz CT molecular complexity index is 584. The van der Waals surface area contributed by atoms with E-state index in [9.17, 15) is 4.79 Å². The van der Waals surface area contributed by atoms with Crippen LogP contribution < -0.4 is 15.8 Å². The molecule has 0 unspecified atom stereocenters. The van der Waals surface area contributed by atoms with E-state index in [0.29, 0.717) is 12.4 Å². The van der Waals surface area contributed by atoms with E-state index in [2.05, 4.69) is 15.5 Å². The lowest BCUT2D eigenvalue weighted by Gasteiger charge is -2.09. The van der Waals surface area contributed by atoms with Crippen LogP contribution in [0.25, 0.3) is 0 Å². The summed E-state index contributed by atoms with van der Waals surface area (Å²) < 4.78 is 5.28. The van der Waals surface area contributed by atoms with E-state index >= 15 is 0 Å². The Morgan fingerprint density at radius 1 is 1.25 bits per heavy atom. The highest BCUT2D eigenvalue weighted by molar-refractivity contribution is 5.90. The third-order valence-electron chi connectivity index (χ3n) is 2.81. The van der Waals surface area contributed by atoms with Crippen molar-refractivity contribution in [2.75, 3.05) is 19.0 Å². The summed E-state index contributed by atoms with van der Waals surface area (Å²) in [5.41, 5.74) is 6.36. The summed E-state index contributed by atoms with van der Waals surface area (Å²) in [4.78, 5) is 10.9. The number of benzene rings is 1. The summed E-state index contributed by atoms with van der Waals surface area (Å²) in [6, 6.07) is 11.1. The van der Waals surface area contributed by atoms with Gasteiger partial charge in [0.1, 0.15) is 11.6 Å². The summed E-state index contributed by atoms with van der Waals surface area (Å²) in [5.74, 6) is 0.882. The van der Waals surface area contributed by atoms with Crippen LogP contribution in [0.15, 0.2) is 36.4 Å². The Morgan fingerprint density at radius 3 is 2.70 bits per heavy atom. The van der Waals surface area contributed by atoms with Gasteiger partial charge in [0.2, 0.25) is 0 Å². The molecule has 2 rings (SSSR count). The molecule has 20 heavy (non-hydrogen) atoms. The van der Waals surface area contributed by atoms with E-state index in [1.807, 2.05) is 24.3 Å². The Kier molecular flexibility index (Phi) is 4.49. The molecule has 2 aromatic rings. The van der Waals surface area contributed by atoms with Crippen LogP contribution in [0.4, 0.5) is 5.82 Å². The smallest absolute Gasteiger partial charge is 0.269 e. The number of rotatable bonds is 6. The first-order chi connectivity index (χ1) is 9.70. The number of anilines is 1. The van der Waals surface area contributed by atoms with Crippen LogP contribution in [-0.2, 0) is 6.42 Å². The molecule has 1 amide bonds. The lowest BCUT2D eigenvalue weighted by molar-refractivity contribution is 0.0994. The molecule has 0 saturated carbocycles. The van der Waals surface area contributed by atoms with Gasteiger partial charge in [0.05, 0.1) is 7.11 Å². The molecule has 1 aromatic heterocycles. The zero-order valence-corrected chi connectivity index (χ0v) is 11.2. The van der Waals surface area contributed by atoms with Gasteiger partial charge in [-0.2, -0.15) is 0 Å². The molecular formula is C14H16N4O2. The van der Waals surface area contributed by atoms with Gasteiger partial charge in [0.15, 0.2) is 5.69 Å². The van der Waals surface area contributed by atoms with Crippen molar-refractivity contribution in [1.29, 1.82) is 0 Å². The second-order valence-corrected chi connectivity index (χ2v) is 4.16. The van der Waals surface area contributed by atoms with Crippen molar-refractivity contribution in [3.63, 3.8) is 0 Å². The van der Waals surface area contributed by atoms with Crippen LogP contribution in [0, 0.1) is 0 Å². The third kappa shape index (κ3) is 3.44. The van der Waals surface area contributed by atoms with Gasteiger partial charge >= 0.3 is 0 Å². The minimum absolute atomic E-state index is 0.153. The molecule has 0 spiro atoms. The summed E-state index contributed by atoms with van der Waals surface area (Å²) >= 11 is 0. The number of amides is 1. The number of nitrogens with zero attached hydrogens (tertiary/aromatic N) is 2. The first-order valence-electron chi connectivity index (χ1n) is 6.20. The van der Waals surface area contributed by atoms with Gasteiger partial charge in [-0.1, -0.05) is 18.2 Å². The second-order valence-electron chi connectivity index (χ2n) is 4.16. The second kappa shape index (κ2) is 6.51. The Morgan fingerprint density at radius 2 is 2.05 bits per heavy atom. The number of carbonyl (C=O) groups is 1. The number of hydrogen-bond acceptors (Lipinski definition) is 5. The molecule has 0 atom stereocenters. The fraction of sp³-hybridized carbons (Fsp3) is 0.214. The van der Waals surface area contributed by atoms with Crippen LogP contribution in [-0.4, -0.2) is 29.8 Å². The first kappa shape index (κ1) is 13.8. The van der Waals surface area contributed by atoms with Crippen LogP contribution >= 0.6 is 0 Å². The zero-order valence-electron chi connectivity index (χ0n) is 11.2. The predicted octanol–water partition coefficient (Wildman–Crippen LogP) is 1.24. The summed E-state index contributed by atoms with van der Waals surface area (Å²) in [5, 5.41) is 10.7. The Balaban J connectivity index is 1.91. The molecule has 1 heterocycles. The maximum Gasteiger partial charge on any atom is 0.269 e. The normalized spacial score (nSPS) is 10.1. The van der Waals surface area contributed by atoms with E-state index in [4.69, 9.17) is 10.5 Å². The molecule has 1 aromatic carbocycles. The van der Waals surface area contributed by atoms with E-state index in [1.165, 1.54) is 0 Å². The zero-order chi connectivity index (χ0) is 14.4. The fourth-order valence-electron chi connectivity index (χ4n) is 1.79. The molecule has 0 aliphatic heterocycles. The van der Waals surface area contributed by atoms with Crippen LogP contribution in [0.5, 0.6) is 5.75 Å². The standard InChI is InChI=1S/C14H16N4O2/c1-20-12-5-3-2-4-10(12)8-9-16-13-7-6-11(14(15)19)17-18-13/h2-7H,8-9H2,1H3,(H2,15,19)(H,16,18). The summed E-state index contributed by atoms with van der Waals surface area (Å²) in [6.45, 7) is 0.685. The molecular weight excluding hydrogens is 256 g/mol. The van der Waals surface area contributed by atoms with Crippen molar-refractivity contribution in [3.8, 4) is 5.75 Å². The third-order valence-corrected chi connectivity index (χ3v) is 2.81. The Hall–Kier alpha value is -2.63. The SMILES string of the molecule is COc1ccccc1CCNc1ccc(C(N)=O)nn1. The number of methoxy groups -OCH3 is 1. The van der Waals surface area contributed by atoms with Gasteiger partial charge in [-0.05, 0) is 30.2 Å². The number of ether oxygens (including phenoxy) is 1. The number of primary amides is 1. The number of nitrogens with one attached hydrogen (secondary N) is 1. The summed E-state index contributed by atoms with van der Waals surface area (Å²) in [6.07, 6.45) is 0.795. The van der Waals surface area contributed by atoms with Gasteiger partial charge < -0.3 is 15.8 Å². The van der Waals surface area contributed by atoms with Crippen LogP contribution in [0.3, 0.4) is 0 Å². The molecule has 0 aliphatic rings. The predicted molar refractivity (Wildman–Crippen MR) is 75.7 cm³/mol. The minimum atomic E-state index is -0.585. The fourth-order valence-corrected chi connectivity index (χ4v) is 1.79. The summed E-state index contributed by atoms with van der Waals surface area (Å²) in [7, 11) is 1.65. The lowest BCUT2D eigenvalue weighted by Crippen LogP contribution is -2.14. The van der Waals surface area contributed by atoms with E-state index in [-0.39, 0.29) is 5.69 Å². The number of nitrogens with two attached hydrogens (primary N) is 1. The maximum atomic E-state index is 10.9. The Labute approximate surface area is 117 Å². The van der Waals surface area contributed by atoms with Gasteiger partial charge in [-0.3, -0.25) is 4.79 Å². The van der Waals surface area contributed by atoms with Gasteiger partial charge in [-0.15, -0.1) is 10.2 Å². The quantitative estimate of drug-likeness (QED) is 0.825. The van der Waals surface area contributed by atoms with Gasteiger partial charge in [-0.25, -0.2) is 0 Å². The largest absolute Gasteiger partial charge is 0.496 e. The van der Waals surface area contributed by atoms with Crippen molar-refractivity contribution in [1.82, 2.24) is 10.2 Å². The number of aromatic nitrogens is 2. The molecule has 0 fully saturated rings. The topological polar surface area (TPSA) is 90.1 Å². The van der Waals surface area contributed by atoms with Crippen LogP contribution in [0.1, 0.15) is 16.1 Å². The minimum Gasteiger partial charge on any atom is -0.496 e. The van der Waals surface area contributed by atoms with E-state index in [1.54, 1.807) is 19.2 Å². The highest BCUT2D eigenvalue weighted by atomic mass is 16.5. The van der Waals surface area contributed by atoms with E-state index in [0.717, 1.165) is 17.7 Å². The van der Waals surface area contributed by atoms with E-state index < -0.39 is 5.91 Å². The lowest BCUT2D eigenvalue weighted by atomic mass is 10.1. The molecule has 0 saturated heterocycles. The first-order valence-corrected chi connectivity index (χ1v) is 6.20. The van der Waals surface area contributed by atoms with Gasteiger partial charge in [0.25, 0.3) is 5.91 Å². The number of hydrogen-bond donors (Lipinski definition) is 2. The number of para-hydroxylation sites is 1. The number of carbonyl (C=O) groups excluding carboxylic acids is 1. The van der Waals surface area contributed by atoms with Crippen molar-refractivity contribution in [2.24, 2.45) is 5.73 Å². The van der Waals surface area contributed by atoms with Crippen molar-refractivity contribution in [3.05, 3.63) is 47.7 Å². The molecule has 3 N–H and O–H groups in total. The highest BCUT2D eigenvalue weighted by Gasteiger charge is 2.04. The van der Waals surface area contributed by atoms with Crippen molar-refractivity contribution < 1.29 is 9.53 Å². The molecule has 0 bridgehead atoms. The highest BCUT2D eigenvalue weighted by Crippen LogP contribution is 2.17. The average molecular weight is 272 g/mol. The maximum absolute atomic E-state index is 10.9. The molecule has 104 valence electrons. The van der Waals surface area contributed by atoms with Crippen LogP contribution in [0.2, 0.25) is 0 Å². The van der Waals surface area contributed by atoms with Gasteiger partial charge in [0, 0.05) is 6.54 Å². The van der Waals surface area contributed by atoms with Crippen molar-refractivity contribution in [2.45, 2.75) is 6.42 Å². The average Bonchev–Trinajstić information content (AvgIpc) is 2.48. The molecule has 0 aliphatic carbocycles.